The first-order valence-corrected chi connectivity index (χ1v) is 5.92. The Labute approximate surface area is 109 Å². The summed E-state index contributed by atoms with van der Waals surface area (Å²) in [6, 6.07) is 4.37. The number of anilines is 1. The average Bonchev–Trinajstić information content (AvgIpc) is 2.83. The molecule has 6 heteroatoms. The third kappa shape index (κ3) is 3.08. The summed E-state index contributed by atoms with van der Waals surface area (Å²) < 4.78 is 18.6. The maximum atomic E-state index is 13.5. The maximum Gasteiger partial charge on any atom is 0.332 e. The van der Waals surface area contributed by atoms with Gasteiger partial charge in [-0.2, -0.15) is 0 Å². The molecular formula is C13H14FNO4. The van der Waals surface area contributed by atoms with Crippen molar-refractivity contribution in [2.75, 3.05) is 5.32 Å². The predicted molar refractivity (Wildman–Crippen MR) is 65.3 cm³/mol. The first-order chi connectivity index (χ1) is 8.97. The number of carboxylic acid groups (broad SMARTS) is 1. The van der Waals surface area contributed by atoms with Crippen LogP contribution in [0.25, 0.3) is 0 Å². The van der Waals surface area contributed by atoms with Gasteiger partial charge in [-0.25, -0.2) is 9.18 Å². The van der Waals surface area contributed by atoms with Crippen LogP contribution in [-0.2, 0) is 14.3 Å². The van der Waals surface area contributed by atoms with Gasteiger partial charge >= 0.3 is 5.97 Å². The maximum absolute atomic E-state index is 13.5. The second-order valence-electron chi connectivity index (χ2n) is 4.50. The Balaban J connectivity index is 2.02. The normalized spacial score (nSPS) is 22.2. The Bertz CT molecular complexity index is 517. The lowest BCUT2D eigenvalue weighted by Crippen LogP contribution is -2.30. The Morgan fingerprint density at radius 1 is 1.37 bits per heavy atom. The summed E-state index contributed by atoms with van der Waals surface area (Å²) in [5.41, 5.74) is 0.889. The van der Waals surface area contributed by atoms with E-state index in [0.717, 1.165) is 5.56 Å². The Morgan fingerprint density at radius 3 is 2.68 bits per heavy atom. The van der Waals surface area contributed by atoms with Crippen LogP contribution in [0.1, 0.15) is 18.4 Å². The van der Waals surface area contributed by atoms with Gasteiger partial charge in [0.05, 0.1) is 5.69 Å². The quantitative estimate of drug-likeness (QED) is 0.874. The molecule has 1 saturated heterocycles. The van der Waals surface area contributed by atoms with Gasteiger partial charge < -0.3 is 15.2 Å². The Morgan fingerprint density at radius 2 is 2.05 bits per heavy atom. The minimum atomic E-state index is -1.09. The van der Waals surface area contributed by atoms with Crippen LogP contribution >= 0.6 is 0 Å². The van der Waals surface area contributed by atoms with Crippen LogP contribution in [0.2, 0.25) is 0 Å². The lowest BCUT2D eigenvalue weighted by atomic mass is 10.1. The van der Waals surface area contributed by atoms with Gasteiger partial charge in [0, 0.05) is 0 Å². The van der Waals surface area contributed by atoms with E-state index in [1.54, 1.807) is 13.0 Å². The number of halogens is 1. The van der Waals surface area contributed by atoms with E-state index in [2.05, 4.69) is 5.32 Å². The molecule has 2 N–H and O–H groups in total. The van der Waals surface area contributed by atoms with Gasteiger partial charge in [-0.3, -0.25) is 4.79 Å². The Kier molecular flexibility index (Phi) is 3.80. The van der Waals surface area contributed by atoms with Crippen molar-refractivity contribution in [3.63, 3.8) is 0 Å². The SMILES string of the molecule is Cc1ccc(F)c(NC(=O)[C@@H]2CC[C@H](C(=O)O)O2)c1. The second kappa shape index (κ2) is 5.36. The molecule has 0 unspecified atom stereocenters. The highest BCUT2D eigenvalue weighted by atomic mass is 19.1. The van der Waals surface area contributed by atoms with E-state index < -0.39 is 29.9 Å². The van der Waals surface area contributed by atoms with Crippen LogP contribution in [-0.4, -0.2) is 29.2 Å². The summed E-state index contributed by atoms with van der Waals surface area (Å²) in [5, 5.41) is 11.2. The van der Waals surface area contributed by atoms with Crippen LogP contribution < -0.4 is 5.32 Å². The van der Waals surface area contributed by atoms with Crippen molar-refractivity contribution in [1.29, 1.82) is 0 Å². The smallest absolute Gasteiger partial charge is 0.332 e. The molecule has 1 aliphatic rings. The third-order valence-corrected chi connectivity index (χ3v) is 2.97. The van der Waals surface area contributed by atoms with Crippen LogP contribution in [0.5, 0.6) is 0 Å². The number of benzene rings is 1. The van der Waals surface area contributed by atoms with E-state index in [-0.39, 0.29) is 12.1 Å². The molecule has 0 spiro atoms. The fourth-order valence-corrected chi connectivity index (χ4v) is 1.96. The highest BCUT2D eigenvalue weighted by Gasteiger charge is 2.34. The number of aliphatic carboxylic acids is 1. The van der Waals surface area contributed by atoms with E-state index in [1.165, 1.54) is 12.1 Å². The molecule has 1 fully saturated rings. The number of carbonyl (C=O) groups is 2. The highest BCUT2D eigenvalue weighted by Crippen LogP contribution is 2.22. The zero-order chi connectivity index (χ0) is 14.0. The molecule has 102 valence electrons. The zero-order valence-electron chi connectivity index (χ0n) is 10.4. The summed E-state index contributed by atoms with van der Waals surface area (Å²) in [6.07, 6.45) is -1.21. The van der Waals surface area contributed by atoms with E-state index >= 15 is 0 Å². The van der Waals surface area contributed by atoms with Crippen LogP contribution in [0.3, 0.4) is 0 Å². The molecule has 0 aliphatic carbocycles. The predicted octanol–water partition coefficient (Wildman–Crippen LogP) is 1.70. The molecule has 1 aliphatic heterocycles. The summed E-state index contributed by atoms with van der Waals surface area (Å²) in [4.78, 5) is 22.6. The number of hydrogen-bond acceptors (Lipinski definition) is 3. The molecule has 1 heterocycles. The minimum Gasteiger partial charge on any atom is -0.479 e. The van der Waals surface area contributed by atoms with Crippen molar-refractivity contribution in [1.82, 2.24) is 0 Å². The molecule has 0 bridgehead atoms. The molecule has 0 radical (unpaired) electrons. The fraction of sp³-hybridized carbons (Fsp3) is 0.385. The lowest BCUT2D eigenvalue weighted by molar-refractivity contribution is -0.150. The van der Waals surface area contributed by atoms with Gasteiger partial charge in [0.2, 0.25) is 0 Å². The number of rotatable bonds is 3. The molecule has 5 nitrogen and oxygen atoms in total. The van der Waals surface area contributed by atoms with E-state index in [9.17, 15) is 14.0 Å². The monoisotopic (exact) mass is 267 g/mol. The van der Waals surface area contributed by atoms with Crippen LogP contribution in [0.15, 0.2) is 18.2 Å². The second-order valence-corrected chi connectivity index (χ2v) is 4.50. The molecule has 2 atom stereocenters. The molecule has 1 aromatic rings. The fourth-order valence-electron chi connectivity index (χ4n) is 1.96. The van der Waals surface area contributed by atoms with Gasteiger partial charge in [0.1, 0.15) is 11.9 Å². The van der Waals surface area contributed by atoms with Crippen molar-refractivity contribution < 1.29 is 23.8 Å². The molecule has 0 saturated carbocycles. The number of amides is 1. The third-order valence-electron chi connectivity index (χ3n) is 2.97. The van der Waals surface area contributed by atoms with Crippen LogP contribution in [0.4, 0.5) is 10.1 Å². The molecule has 0 aromatic heterocycles. The number of hydrogen-bond donors (Lipinski definition) is 2. The van der Waals surface area contributed by atoms with E-state index in [1.807, 2.05) is 0 Å². The van der Waals surface area contributed by atoms with Crippen molar-refractivity contribution >= 4 is 17.6 Å². The van der Waals surface area contributed by atoms with Crippen LogP contribution in [0, 0.1) is 12.7 Å². The number of aryl methyl sites for hydroxylation is 1. The van der Waals surface area contributed by atoms with Gasteiger partial charge in [-0.05, 0) is 37.5 Å². The topological polar surface area (TPSA) is 75.6 Å². The highest BCUT2D eigenvalue weighted by molar-refractivity contribution is 5.95. The zero-order valence-corrected chi connectivity index (χ0v) is 10.4. The average molecular weight is 267 g/mol. The summed E-state index contributed by atoms with van der Waals surface area (Å²) in [5.74, 6) is -2.14. The standard InChI is InChI=1S/C13H14FNO4/c1-7-2-3-8(14)9(6-7)15-12(16)10-4-5-11(19-10)13(17)18/h2-3,6,10-11H,4-5H2,1H3,(H,15,16)(H,17,18)/t10-,11+/m0/s1. The van der Waals surface area contributed by atoms with Crippen molar-refractivity contribution in [2.45, 2.75) is 32.0 Å². The number of carboxylic acids is 1. The van der Waals surface area contributed by atoms with Crippen molar-refractivity contribution in [3.05, 3.63) is 29.6 Å². The summed E-state index contributed by atoms with van der Waals surface area (Å²) >= 11 is 0. The molecule has 1 aromatic carbocycles. The molecule has 1 amide bonds. The lowest BCUT2D eigenvalue weighted by Gasteiger charge is -2.12. The van der Waals surface area contributed by atoms with Gasteiger partial charge in [0.25, 0.3) is 5.91 Å². The molecular weight excluding hydrogens is 253 g/mol. The first kappa shape index (κ1) is 13.5. The summed E-state index contributed by atoms with van der Waals surface area (Å²) in [6.45, 7) is 1.78. The van der Waals surface area contributed by atoms with Gasteiger partial charge in [-0.15, -0.1) is 0 Å². The molecule has 2 rings (SSSR count). The number of ether oxygens (including phenoxy) is 1. The molecule has 19 heavy (non-hydrogen) atoms. The van der Waals surface area contributed by atoms with Gasteiger partial charge in [-0.1, -0.05) is 6.07 Å². The van der Waals surface area contributed by atoms with E-state index in [4.69, 9.17) is 9.84 Å². The number of carbonyl (C=O) groups excluding carboxylic acids is 1. The van der Waals surface area contributed by atoms with E-state index in [0.29, 0.717) is 6.42 Å². The Hall–Kier alpha value is -1.95. The van der Waals surface area contributed by atoms with Crippen molar-refractivity contribution in [2.24, 2.45) is 0 Å². The largest absolute Gasteiger partial charge is 0.479 e. The van der Waals surface area contributed by atoms with Crippen molar-refractivity contribution in [3.8, 4) is 0 Å². The van der Waals surface area contributed by atoms with Gasteiger partial charge in [0.15, 0.2) is 6.10 Å². The minimum absolute atomic E-state index is 0.0763. The number of nitrogens with one attached hydrogen (secondary N) is 1. The summed E-state index contributed by atoms with van der Waals surface area (Å²) in [7, 11) is 0. The first-order valence-electron chi connectivity index (χ1n) is 5.92.